The molecule has 1 heterocycles. The van der Waals surface area contributed by atoms with Gasteiger partial charge in [0.2, 0.25) is 0 Å². The standard InChI is InChI=1S/C20H30F2O5/c1-2-3-4-7-13(23)10-11-14-15(24)12-16-19(14)20(21,22)17(27-16)8-5-6-9-18(25)26/h8,10-11,13-16,19,23-24H,2-7,9,12H2,1H3,(H,25,26)/b11-10+,17-8-/t13-,14-,15+,16-,19+/m0/s1. The number of aliphatic hydroxyl groups excluding tert-OH is 2. The van der Waals surface area contributed by atoms with E-state index in [1.807, 2.05) is 0 Å². The zero-order valence-corrected chi connectivity index (χ0v) is 15.7. The van der Waals surface area contributed by atoms with E-state index in [4.69, 9.17) is 9.84 Å². The monoisotopic (exact) mass is 388 g/mol. The third-order valence-corrected chi connectivity index (χ3v) is 5.34. The van der Waals surface area contributed by atoms with E-state index in [2.05, 4.69) is 6.92 Å². The summed E-state index contributed by atoms with van der Waals surface area (Å²) in [4.78, 5) is 10.5. The Morgan fingerprint density at radius 3 is 2.78 bits per heavy atom. The summed E-state index contributed by atoms with van der Waals surface area (Å²) in [6, 6.07) is 0. The molecule has 154 valence electrons. The fraction of sp³-hybridized carbons (Fsp3) is 0.750. The third kappa shape index (κ3) is 5.51. The Labute approximate surface area is 158 Å². The van der Waals surface area contributed by atoms with Crippen LogP contribution in [0.5, 0.6) is 0 Å². The number of aliphatic hydroxyl groups is 2. The Balaban J connectivity index is 2.01. The smallest absolute Gasteiger partial charge is 0.310 e. The van der Waals surface area contributed by atoms with E-state index >= 15 is 0 Å². The van der Waals surface area contributed by atoms with Crippen LogP contribution >= 0.6 is 0 Å². The first kappa shape index (κ1) is 21.8. The van der Waals surface area contributed by atoms with Gasteiger partial charge in [-0.05, 0) is 25.3 Å². The molecular formula is C20H30F2O5. The first-order valence-electron chi connectivity index (χ1n) is 9.78. The van der Waals surface area contributed by atoms with Crippen LogP contribution in [0, 0.1) is 11.8 Å². The molecule has 27 heavy (non-hydrogen) atoms. The number of halogens is 2. The van der Waals surface area contributed by atoms with Gasteiger partial charge in [0.1, 0.15) is 6.10 Å². The first-order chi connectivity index (χ1) is 12.8. The van der Waals surface area contributed by atoms with E-state index in [0.717, 1.165) is 19.3 Å². The van der Waals surface area contributed by atoms with Crippen LogP contribution in [-0.4, -0.2) is 45.5 Å². The molecule has 0 aromatic heterocycles. The van der Waals surface area contributed by atoms with Gasteiger partial charge in [0.25, 0.3) is 0 Å². The number of unbranched alkanes of at least 4 members (excludes halogenated alkanes) is 3. The molecule has 5 nitrogen and oxygen atoms in total. The molecule has 2 rings (SSSR count). The zero-order chi connectivity index (χ0) is 20.0. The van der Waals surface area contributed by atoms with Crippen molar-refractivity contribution in [1.29, 1.82) is 0 Å². The molecule has 1 aliphatic carbocycles. The lowest BCUT2D eigenvalue weighted by molar-refractivity contribution is -0.137. The van der Waals surface area contributed by atoms with Crippen molar-refractivity contribution in [1.82, 2.24) is 0 Å². The maximum Gasteiger partial charge on any atom is 0.310 e. The molecule has 0 aromatic rings. The molecule has 2 aliphatic rings. The van der Waals surface area contributed by atoms with Gasteiger partial charge < -0.3 is 20.1 Å². The number of hydrogen-bond donors (Lipinski definition) is 3. The second-order valence-electron chi connectivity index (χ2n) is 7.49. The fourth-order valence-electron chi connectivity index (χ4n) is 3.91. The van der Waals surface area contributed by atoms with Crippen molar-refractivity contribution >= 4 is 5.97 Å². The van der Waals surface area contributed by atoms with Gasteiger partial charge in [-0.15, -0.1) is 0 Å². The zero-order valence-electron chi connectivity index (χ0n) is 15.7. The highest BCUT2D eigenvalue weighted by molar-refractivity contribution is 5.66. The molecule has 7 heteroatoms. The van der Waals surface area contributed by atoms with Gasteiger partial charge in [0, 0.05) is 18.8 Å². The van der Waals surface area contributed by atoms with Crippen LogP contribution in [0.2, 0.25) is 0 Å². The third-order valence-electron chi connectivity index (χ3n) is 5.34. The van der Waals surface area contributed by atoms with Gasteiger partial charge >= 0.3 is 11.9 Å². The lowest BCUT2D eigenvalue weighted by atomic mass is 9.87. The Hall–Kier alpha value is -1.47. The van der Waals surface area contributed by atoms with Crippen LogP contribution in [0.3, 0.4) is 0 Å². The van der Waals surface area contributed by atoms with Crippen molar-refractivity contribution in [2.24, 2.45) is 11.8 Å². The van der Waals surface area contributed by atoms with Crippen molar-refractivity contribution in [3.05, 3.63) is 24.0 Å². The highest BCUT2D eigenvalue weighted by Gasteiger charge is 2.63. The number of allylic oxidation sites excluding steroid dienone is 2. The SMILES string of the molecule is CCCCC[C@H](O)/C=C/[C@@H]1[C@@H]2[C@H](C[C@H]1O)O/C(=C\CCCC(=O)O)C2(F)F. The molecule has 0 aromatic carbocycles. The summed E-state index contributed by atoms with van der Waals surface area (Å²) in [5.41, 5.74) is 0. The van der Waals surface area contributed by atoms with E-state index in [1.54, 1.807) is 0 Å². The predicted octanol–water partition coefficient (Wildman–Crippen LogP) is 3.65. The summed E-state index contributed by atoms with van der Waals surface area (Å²) in [7, 11) is 0. The molecule has 2 fully saturated rings. The Kier molecular flexibility index (Phi) is 7.79. The summed E-state index contributed by atoms with van der Waals surface area (Å²) < 4.78 is 35.1. The summed E-state index contributed by atoms with van der Waals surface area (Å²) >= 11 is 0. The van der Waals surface area contributed by atoms with Gasteiger partial charge in [0.05, 0.1) is 18.1 Å². The van der Waals surface area contributed by atoms with E-state index in [9.17, 15) is 23.8 Å². The Bertz CT molecular complexity index is 561. The van der Waals surface area contributed by atoms with Gasteiger partial charge in [-0.3, -0.25) is 4.79 Å². The average molecular weight is 388 g/mol. The fourth-order valence-corrected chi connectivity index (χ4v) is 3.91. The minimum atomic E-state index is -3.21. The quantitative estimate of drug-likeness (QED) is 0.393. The summed E-state index contributed by atoms with van der Waals surface area (Å²) in [6.45, 7) is 2.06. The molecule has 1 aliphatic heterocycles. The number of aliphatic carboxylic acids is 1. The van der Waals surface area contributed by atoms with Gasteiger partial charge in [-0.25, -0.2) is 0 Å². The van der Waals surface area contributed by atoms with Gasteiger partial charge in [-0.2, -0.15) is 8.78 Å². The minimum Gasteiger partial charge on any atom is -0.488 e. The molecule has 1 saturated heterocycles. The maximum absolute atomic E-state index is 14.8. The summed E-state index contributed by atoms with van der Waals surface area (Å²) in [5.74, 6) is -6.55. The van der Waals surface area contributed by atoms with E-state index in [0.29, 0.717) is 6.42 Å². The van der Waals surface area contributed by atoms with E-state index in [1.165, 1.54) is 18.2 Å². The van der Waals surface area contributed by atoms with Crippen molar-refractivity contribution in [2.75, 3.05) is 0 Å². The van der Waals surface area contributed by atoms with Crippen LogP contribution in [0.25, 0.3) is 0 Å². The number of fused-ring (bicyclic) bond motifs is 1. The number of carboxylic acids is 1. The van der Waals surface area contributed by atoms with Gasteiger partial charge in [0.15, 0.2) is 5.76 Å². The molecule has 0 unspecified atom stereocenters. The maximum atomic E-state index is 14.8. The second kappa shape index (κ2) is 9.64. The highest BCUT2D eigenvalue weighted by Crippen LogP contribution is 2.54. The van der Waals surface area contributed by atoms with Crippen LogP contribution < -0.4 is 0 Å². The molecular weight excluding hydrogens is 358 g/mol. The van der Waals surface area contributed by atoms with Crippen LogP contribution in [-0.2, 0) is 9.53 Å². The van der Waals surface area contributed by atoms with Crippen molar-refractivity contribution < 1.29 is 33.6 Å². The molecule has 3 N–H and O–H groups in total. The van der Waals surface area contributed by atoms with E-state index in [-0.39, 0.29) is 25.7 Å². The molecule has 1 saturated carbocycles. The van der Waals surface area contributed by atoms with E-state index < -0.39 is 47.8 Å². The average Bonchev–Trinajstić information content (AvgIpc) is 3.03. The summed E-state index contributed by atoms with van der Waals surface area (Å²) in [5, 5.41) is 28.8. The highest BCUT2D eigenvalue weighted by atomic mass is 19.3. The number of hydrogen-bond acceptors (Lipinski definition) is 4. The van der Waals surface area contributed by atoms with Crippen molar-refractivity contribution in [2.45, 2.75) is 82.5 Å². The molecule has 0 radical (unpaired) electrons. The number of rotatable bonds is 10. The van der Waals surface area contributed by atoms with Crippen molar-refractivity contribution in [3.63, 3.8) is 0 Å². The molecule has 0 amide bonds. The number of carboxylic acid groups (broad SMARTS) is 1. The van der Waals surface area contributed by atoms with Crippen LogP contribution in [0.15, 0.2) is 24.0 Å². The number of alkyl halides is 2. The Morgan fingerprint density at radius 2 is 2.11 bits per heavy atom. The number of ether oxygens (including phenoxy) is 1. The number of carbonyl (C=O) groups is 1. The van der Waals surface area contributed by atoms with Gasteiger partial charge in [-0.1, -0.05) is 38.3 Å². The minimum absolute atomic E-state index is 0.0811. The largest absolute Gasteiger partial charge is 0.488 e. The topological polar surface area (TPSA) is 87.0 Å². The van der Waals surface area contributed by atoms with Crippen molar-refractivity contribution in [3.8, 4) is 0 Å². The normalized spacial score (nSPS) is 32.0. The molecule has 5 atom stereocenters. The Morgan fingerprint density at radius 1 is 1.37 bits per heavy atom. The first-order valence-corrected chi connectivity index (χ1v) is 9.78. The van der Waals surface area contributed by atoms with Crippen LogP contribution in [0.1, 0.15) is 58.3 Å². The molecule has 0 spiro atoms. The van der Waals surface area contributed by atoms with Crippen LogP contribution in [0.4, 0.5) is 8.78 Å². The second-order valence-corrected chi connectivity index (χ2v) is 7.49. The lowest BCUT2D eigenvalue weighted by Crippen LogP contribution is -2.33. The predicted molar refractivity (Wildman–Crippen MR) is 96.3 cm³/mol. The summed E-state index contributed by atoms with van der Waals surface area (Å²) in [6.07, 6.45) is 5.87. The molecule has 0 bridgehead atoms. The lowest BCUT2D eigenvalue weighted by Gasteiger charge is -2.22.